The highest BCUT2D eigenvalue weighted by Crippen LogP contribution is 2.11. The lowest BCUT2D eigenvalue weighted by Crippen LogP contribution is -2.16. The van der Waals surface area contributed by atoms with Crippen molar-refractivity contribution < 1.29 is 4.74 Å². The molecule has 0 saturated carbocycles. The van der Waals surface area contributed by atoms with E-state index >= 15 is 0 Å². The maximum Gasteiger partial charge on any atom is 0.106 e. The SMILES string of the molecule is Brc1cc(CO[C@H]2CCNC2)ccn1. The first-order chi connectivity index (χ1) is 6.84. The zero-order valence-corrected chi connectivity index (χ0v) is 9.46. The molecule has 3 nitrogen and oxygen atoms in total. The van der Waals surface area contributed by atoms with Gasteiger partial charge in [-0.1, -0.05) is 0 Å². The van der Waals surface area contributed by atoms with Crippen LogP contribution in [0.1, 0.15) is 12.0 Å². The Bertz CT molecular complexity index is 300. The maximum absolute atomic E-state index is 5.73. The Morgan fingerprint density at radius 1 is 1.64 bits per heavy atom. The lowest BCUT2D eigenvalue weighted by Gasteiger charge is -2.10. The van der Waals surface area contributed by atoms with Crippen molar-refractivity contribution in [2.45, 2.75) is 19.1 Å². The van der Waals surface area contributed by atoms with Crippen LogP contribution in [0.15, 0.2) is 22.9 Å². The molecule has 76 valence electrons. The van der Waals surface area contributed by atoms with Gasteiger partial charge in [-0.3, -0.25) is 0 Å². The van der Waals surface area contributed by atoms with E-state index in [-0.39, 0.29) is 0 Å². The van der Waals surface area contributed by atoms with Crippen molar-refractivity contribution in [1.82, 2.24) is 10.3 Å². The molecule has 2 heterocycles. The number of nitrogens with zero attached hydrogens (tertiary/aromatic N) is 1. The highest BCUT2D eigenvalue weighted by Gasteiger charge is 2.14. The molecule has 0 bridgehead atoms. The molecule has 0 radical (unpaired) electrons. The Hall–Kier alpha value is -0.450. The third kappa shape index (κ3) is 2.77. The molecule has 1 aromatic heterocycles. The summed E-state index contributed by atoms with van der Waals surface area (Å²) < 4.78 is 6.60. The van der Waals surface area contributed by atoms with Crippen LogP contribution >= 0.6 is 15.9 Å². The molecule has 0 aromatic carbocycles. The summed E-state index contributed by atoms with van der Waals surface area (Å²) in [5.74, 6) is 0. The number of pyridine rings is 1. The van der Waals surface area contributed by atoms with Gasteiger partial charge in [0.2, 0.25) is 0 Å². The second-order valence-electron chi connectivity index (χ2n) is 3.41. The molecular weight excluding hydrogens is 244 g/mol. The van der Waals surface area contributed by atoms with Crippen molar-refractivity contribution in [2.75, 3.05) is 13.1 Å². The Labute approximate surface area is 92.0 Å². The van der Waals surface area contributed by atoms with Crippen molar-refractivity contribution in [3.63, 3.8) is 0 Å². The minimum atomic E-state index is 0.377. The fraction of sp³-hybridized carbons (Fsp3) is 0.500. The van der Waals surface area contributed by atoms with Crippen LogP contribution in [0, 0.1) is 0 Å². The summed E-state index contributed by atoms with van der Waals surface area (Å²) in [5, 5.41) is 3.27. The average molecular weight is 257 g/mol. The number of ether oxygens (including phenoxy) is 1. The predicted molar refractivity (Wildman–Crippen MR) is 58.0 cm³/mol. The zero-order valence-electron chi connectivity index (χ0n) is 7.87. The summed E-state index contributed by atoms with van der Waals surface area (Å²) in [6.07, 6.45) is 3.28. The van der Waals surface area contributed by atoms with E-state index in [2.05, 4.69) is 26.2 Å². The summed E-state index contributed by atoms with van der Waals surface area (Å²) in [6.45, 7) is 2.73. The average Bonchev–Trinajstić information content (AvgIpc) is 2.67. The monoisotopic (exact) mass is 256 g/mol. The molecule has 0 unspecified atom stereocenters. The molecule has 4 heteroatoms. The van der Waals surface area contributed by atoms with Gasteiger partial charge in [-0.2, -0.15) is 0 Å². The van der Waals surface area contributed by atoms with E-state index in [1.165, 1.54) is 5.56 Å². The second kappa shape index (κ2) is 4.87. The lowest BCUT2D eigenvalue weighted by atomic mass is 10.3. The van der Waals surface area contributed by atoms with Gasteiger partial charge in [0.25, 0.3) is 0 Å². The van der Waals surface area contributed by atoms with Crippen molar-refractivity contribution in [3.8, 4) is 0 Å². The molecule has 0 spiro atoms. The summed E-state index contributed by atoms with van der Waals surface area (Å²) >= 11 is 3.34. The van der Waals surface area contributed by atoms with E-state index in [1.807, 2.05) is 12.1 Å². The van der Waals surface area contributed by atoms with E-state index in [4.69, 9.17) is 4.74 Å². The van der Waals surface area contributed by atoms with Gasteiger partial charge >= 0.3 is 0 Å². The van der Waals surface area contributed by atoms with Crippen LogP contribution in [0.4, 0.5) is 0 Å². The Morgan fingerprint density at radius 2 is 2.57 bits per heavy atom. The minimum absolute atomic E-state index is 0.377. The molecule has 14 heavy (non-hydrogen) atoms. The Kier molecular flexibility index (Phi) is 3.50. The maximum atomic E-state index is 5.73. The molecular formula is C10H13BrN2O. The Morgan fingerprint density at radius 3 is 3.29 bits per heavy atom. The van der Waals surface area contributed by atoms with Crippen molar-refractivity contribution in [3.05, 3.63) is 28.5 Å². The molecule has 2 rings (SSSR count). The topological polar surface area (TPSA) is 34.1 Å². The van der Waals surface area contributed by atoms with E-state index in [0.717, 1.165) is 24.1 Å². The summed E-state index contributed by atoms with van der Waals surface area (Å²) in [4.78, 5) is 4.07. The number of aromatic nitrogens is 1. The third-order valence-electron chi connectivity index (χ3n) is 2.29. The molecule has 1 aliphatic heterocycles. The summed E-state index contributed by atoms with van der Waals surface area (Å²) in [7, 11) is 0. The van der Waals surface area contributed by atoms with Crippen LogP contribution < -0.4 is 5.32 Å². The van der Waals surface area contributed by atoms with Crippen LogP contribution in [-0.4, -0.2) is 24.2 Å². The van der Waals surface area contributed by atoms with E-state index in [9.17, 15) is 0 Å². The van der Waals surface area contributed by atoms with E-state index in [0.29, 0.717) is 12.7 Å². The number of rotatable bonds is 3. The molecule has 0 amide bonds. The van der Waals surface area contributed by atoms with Crippen LogP contribution in [0.5, 0.6) is 0 Å². The van der Waals surface area contributed by atoms with Gasteiger partial charge in [-0.25, -0.2) is 4.98 Å². The van der Waals surface area contributed by atoms with Crippen molar-refractivity contribution in [2.24, 2.45) is 0 Å². The van der Waals surface area contributed by atoms with Crippen LogP contribution in [0.25, 0.3) is 0 Å². The zero-order chi connectivity index (χ0) is 9.80. The van der Waals surface area contributed by atoms with Gasteiger partial charge in [-0.15, -0.1) is 0 Å². The second-order valence-corrected chi connectivity index (χ2v) is 4.23. The number of halogens is 1. The normalized spacial score (nSPS) is 21.4. The van der Waals surface area contributed by atoms with E-state index in [1.54, 1.807) is 6.20 Å². The lowest BCUT2D eigenvalue weighted by molar-refractivity contribution is 0.0541. The van der Waals surface area contributed by atoms with Gasteiger partial charge < -0.3 is 10.1 Å². The predicted octanol–water partition coefficient (Wildman–Crippen LogP) is 1.72. The number of hydrogen-bond donors (Lipinski definition) is 1. The van der Waals surface area contributed by atoms with Crippen LogP contribution in [0.3, 0.4) is 0 Å². The van der Waals surface area contributed by atoms with Gasteiger partial charge in [0.15, 0.2) is 0 Å². The standard InChI is InChI=1S/C10H13BrN2O/c11-10-5-8(1-4-13-10)7-14-9-2-3-12-6-9/h1,4-5,9,12H,2-3,6-7H2/t9-/m0/s1. The van der Waals surface area contributed by atoms with Gasteiger partial charge in [0.05, 0.1) is 12.7 Å². The van der Waals surface area contributed by atoms with Gasteiger partial charge in [-0.05, 0) is 46.6 Å². The number of hydrogen-bond acceptors (Lipinski definition) is 3. The minimum Gasteiger partial charge on any atom is -0.372 e. The molecule has 1 atom stereocenters. The molecule has 1 N–H and O–H groups in total. The quantitative estimate of drug-likeness (QED) is 0.837. The highest BCUT2D eigenvalue weighted by molar-refractivity contribution is 9.10. The van der Waals surface area contributed by atoms with Crippen LogP contribution in [0.2, 0.25) is 0 Å². The molecule has 1 aromatic rings. The van der Waals surface area contributed by atoms with Gasteiger partial charge in [0.1, 0.15) is 4.60 Å². The molecule has 0 aliphatic carbocycles. The van der Waals surface area contributed by atoms with E-state index < -0.39 is 0 Å². The largest absolute Gasteiger partial charge is 0.372 e. The van der Waals surface area contributed by atoms with Crippen molar-refractivity contribution in [1.29, 1.82) is 0 Å². The highest BCUT2D eigenvalue weighted by atomic mass is 79.9. The van der Waals surface area contributed by atoms with Crippen LogP contribution in [-0.2, 0) is 11.3 Å². The summed E-state index contributed by atoms with van der Waals surface area (Å²) in [6, 6.07) is 3.97. The summed E-state index contributed by atoms with van der Waals surface area (Å²) in [5.41, 5.74) is 1.17. The smallest absolute Gasteiger partial charge is 0.106 e. The first kappa shape index (κ1) is 10.1. The molecule has 1 saturated heterocycles. The van der Waals surface area contributed by atoms with Crippen molar-refractivity contribution >= 4 is 15.9 Å². The number of nitrogens with one attached hydrogen (secondary N) is 1. The van der Waals surface area contributed by atoms with Gasteiger partial charge in [0, 0.05) is 12.7 Å². The fourth-order valence-electron chi connectivity index (χ4n) is 1.52. The first-order valence-electron chi connectivity index (χ1n) is 4.77. The molecule has 1 aliphatic rings. The third-order valence-corrected chi connectivity index (χ3v) is 2.73. The Balaban J connectivity index is 1.85. The molecule has 1 fully saturated rings. The first-order valence-corrected chi connectivity index (χ1v) is 5.56. The fourth-order valence-corrected chi connectivity index (χ4v) is 1.93.